The van der Waals surface area contributed by atoms with Crippen LogP contribution in [0.1, 0.15) is 17.5 Å². The quantitative estimate of drug-likeness (QED) is 0.865. The zero-order valence-corrected chi connectivity index (χ0v) is 11.3. The molecule has 19 heavy (non-hydrogen) atoms. The maximum absolute atomic E-state index is 12.2. The number of nitrogens with one attached hydrogen (secondary N) is 1. The lowest BCUT2D eigenvalue weighted by Crippen LogP contribution is -2.60. The van der Waals surface area contributed by atoms with Crippen molar-refractivity contribution in [3.63, 3.8) is 0 Å². The molecule has 4 heteroatoms. The molecule has 0 bridgehead atoms. The molecule has 1 spiro atoms. The van der Waals surface area contributed by atoms with Gasteiger partial charge in [-0.2, -0.15) is 0 Å². The van der Waals surface area contributed by atoms with Gasteiger partial charge in [-0.25, -0.2) is 0 Å². The molecule has 1 aromatic rings. The van der Waals surface area contributed by atoms with E-state index in [0.717, 1.165) is 19.5 Å². The van der Waals surface area contributed by atoms with Crippen LogP contribution in [0.15, 0.2) is 24.3 Å². The van der Waals surface area contributed by atoms with E-state index in [1.807, 2.05) is 17.0 Å². The van der Waals surface area contributed by atoms with Gasteiger partial charge in [-0.1, -0.05) is 24.3 Å². The molecule has 2 fully saturated rings. The number of benzene rings is 1. The number of morpholine rings is 1. The molecular formula is C15H20N2O2. The number of ether oxygens (including phenoxy) is 1. The Morgan fingerprint density at radius 1 is 1.42 bits per heavy atom. The third kappa shape index (κ3) is 2.26. The number of nitrogens with zero attached hydrogens (tertiary/aromatic N) is 1. The predicted octanol–water partition coefficient (Wildman–Crippen LogP) is 1.09. The molecule has 0 saturated carbocycles. The summed E-state index contributed by atoms with van der Waals surface area (Å²) < 4.78 is 5.49. The van der Waals surface area contributed by atoms with E-state index in [0.29, 0.717) is 13.2 Å². The predicted molar refractivity (Wildman–Crippen MR) is 72.8 cm³/mol. The molecule has 1 amide bonds. The van der Waals surface area contributed by atoms with Gasteiger partial charge in [0.15, 0.2) is 0 Å². The number of aryl methyl sites for hydroxylation is 1. The van der Waals surface area contributed by atoms with Crippen molar-refractivity contribution in [3.8, 4) is 0 Å². The van der Waals surface area contributed by atoms with Crippen LogP contribution in [-0.2, 0) is 16.1 Å². The molecule has 102 valence electrons. The van der Waals surface area contributed by atoms with Crippen LogP contribution in [0.25, 0.3) is 0 Å². The van der Waals surface area contributed by atoms with Crippen LogP contribution in [0.5, 0.6) is 0 Å². The first kappa shape index (κ1) is 12.6. The van der Waals surface area contributed by atoms with Crippen molar-refractivity contribution in [2.45, 2.75) is 25.4 Å². The Kier molecular flexibility index (Phi) is 3.29. The molecule has 2 heterocycles. The summed E-state index contributed by atoms with van der Waals surface area (Å²) in [7, 11) is 0. The summed E-state index contributed by atoms with van der Waals surface area (Å²) in [6.07, 6.45) is 0.977. The molecular weight excluding hydrogens is 240 g/mol. The fourth-order valence-corrected chi connectivity index (χ4v) is 3.05. The highest BCUT2D eigenvalue weighted by Gasteiger charge is 2.45. The topological polar surface area (TPSA) is 41.6 Å². The van der Waals surface area contributed by atoms with Crippen molar-refractivity contribution < 1.29 is 9.53 Å². The van der Waals surface area contributed by atoms with Crippen molar-refractivity contribution in [2.24, 2.45) is 0 Å². The Morgan fingerprint density at radius 3 is 3.00 bits per heavy atom. The van der Waals surface area contributed by atoms with Crippen molar-refractivity contribution in [3.05, 3.63) is 35.4 Å². The molecule has 2 saturated heterocycles. The normalized spacial score (nSPS) is 27.2. The minimum atomic E-state index is -0.141. The molecule has 4 nitrogen and oxygen atoms in total. The van der Waals surface area contributed by atoms with Gasteiger partial charge < -0.3 is 15.0 Å². The molecule has 1 N–H and O–H groups in total. The summed E-state index contributed by atoms with van der Waals surface area (Å²) in [4.78, 5) is 14.3. The molecule has 0 aliphatic carbocycles. The molecule has 2 aliphatic rings. The highest BCUT2D eigenvalue weighted by atomic mass is 16.5. The summed E-state index contributed by atoms with van der Waals surface area (Å²) in [6.45, 7) is 5.45. The maximum atomic E-state index is 12.2. The Hall–Kier alpha value is -1.39. The van der Waals surface area contributed by atoms with Crippen molar-refractivity contribution in [2.75, 3.05) is 26.3 Å². The Labute approximate surface area is 113 Å². The average molecular weight is 260 g/mol. The van der Waals surface area contributed by atoms with Crippen LogP contribution in [0.3, 0.4) is 0 Å². The fraction of sp³-hybridized carbons (Fsp3) is 0.533. The number of hydrogen-bond donors (Lipinski definition) is 1. The Bertz CT molecular complexity index is 481. The third-order valence-corrected chi connectivity index (χ3v) is 4.28. The first-order valence-electron chi connectivity index (χ1n) is 6.85. The maximum Gasteiger partial charge on any atom is 0.249 e. The summed E-state index contributed by atoms with van der Waals surface area (Å²) >= 11 is 0. The van der Waals surface area contributed by atoms with E-state index in [1.165, 1.54) is 11.1 Å². The second kappa shape index (κ2) is 4.94. The summed E-state index contributed by atoms with van der Waals surface area (Å²) in [5.41, 5.74) is 2.32. The van der Waals surface area contributed by atoms with Crippen molar-refractivity contribution >= 4 is 5.91 Å². The molecule has 1 aromatic carbocycles. The van der Waals surface area contributed by atoms with E-state index in [9.17, 15) is 4.79 Å². The smallest absolute Gasteiger partial charge is 0.249 e. The highest BCUT2D eigenvalue weighted by Crippen LogP contribution is 2.29. The van der Waals surface area contributed by atoms with Gasteiger partial charge in [0.2, 0.25) is 5.91 Å². The second-order valence-corrected chi connectivity index (χ2v) is 5.55. The lowest BCUT2D eigenvalue weighted by Gasteiger charge is -2.44. The molecule has 3 rings (SSSR count). The largest absolute Gasteiger partial charge is 0.369 e. The van der Waals surface area contributed by atoms with E-state index in [-0.39, 0.29) is 18.1 Å². The van der Waals surface area contributed by atoms with Gasteiger partial charge in [0, 0.05) is 13.1 Å². The van der Waals surface area contributed by atoms with Crippen LogP contribution >= 0.6 is 0 Å². The molecule has 1 atom stereocenters. The van der Waals surface area contributed by atoms with Crippen LogP contribution in [0.2, 0.25) is 0 Å². The average Bonchev–Trinajstić information content (AvgIpc) is 2.86. The van der Waals surface area contributed by atoms with E-state index < -0.39 is 0 Å². The fourth-order valence-electron chi connectivity index (χ4n) is 3.05. The minimum Gasteiger partial charge on any atom is -0.369 e. The lowest BCUT2D eigenvalue weighted by molar-refractivity contribution is -0.157. The van der Waals surface area contributed by atoms with Crippen LogP contribution in [0.4, 0.5) is 0 Å². The van der Waals surface area contributed by atoms with Crippen LogP contribution in [-0.4, -0.2) is 42.6 Å². The van der Waals surface area contributed by atoms with E-state index in [4.69, 9.17) is 4.74 Å². The van der Waals surface area contributed by atoms with Gasteiger partial charge in [-0.3, -0.25) is 4.79 Å². The molecule has 1 unspecified atom stereocenters. The van der Waals surface area contributed by atoms with Crippen molar-refractivity contribution in [1.29, 1.82) is 0 Å². The van der Waals surface area contributed by atoms with Crippen LogP contribution < -0.4 is 5.32 Å². The van der Waals surface area contributed by atoms with Gasteiger partial charge in [0.05, 0.1) is 12.1 Å². The number of rotatable bonds is 2. The van der Waals surface area contributed by atoms with Gasteiger partial charge in [0.1, 0.15) is 6.61 Å². The van der Waals surface area contributed by atoms with Crippen LogP contribution in [0, 0.1) is 6.92 Å². The first-order chi connectivity index (χ1) is 9.21. The van der Waals surface area contributed by atoms with Gasteiger partial charge in [-0.05, 0) is 31.0 Å². The Balaban J connectivity index is 1.87. The lowest BCUT2D eigenvalue weighted by atomic mass is 9.94. The standard InChI is InChI=1S/C15H20N2O2/c1-12-4-2-3-5-13(12)8-17-14(18)9-19-11-15(17)6-7-16-10-15/h2-5,16H,6-11H2,1H3. The monoisotopic (exact) mass is 260 g/mol. The minimum absolute atomic E-state index is 0.109. The van der Waals surface area contributed by atoms with Gasteiger partial charge in [0.25, 0.3) is 0 Å². The van der Waals surface area contributed by atoms with Gasteiger partial charge in [-0.15, -0.1) is 0 Å². The summed E-state index contributed by atoms with van der Waals surface area (Å²) in [5.74, 6) is 0.109. The number of hydrogen-bond acceptors (Lipinski definition) is 3. The molecule has 0 radical (unpaired) electrons. The third-order valence-electron chi connectivity index (χ3n) is 4.28. The second-order valence-electron chi connectivity index (χ2n) is 5.55. The summed E-state index contributed by atoms with van der Waals surface area (Å²) in [5, 5.41) is 3.36. The molecule has 2 aliphatic heterocycles. The molecule has 0 aromatic heterocycles. The van der Waals surface area contributed by atoms with E-state index >= 15 is 0 Å². The number of carbonyl (C=O) groups excluding carboxylic acids is 1. The number of amides is 1. The van der Waals surface area contributed by atoms with E-state index in [2.05, 4.69) is 24.4 Å². The van der Waals surface area contributed by atoms with E-state index in [1.54, 1.807) is 0 Å². The van der Waals surface area contributed by atoms with Crippen molar-refractivity contribution in [1.82, 2.24) is 10.2 Å². The zero-order chi connectivity index (χ0) is 13.3. The SMILES string of the molecule is Cc1ccccc1CN1C(=O)COCC12CCNC2. The Morgan fingerprint density at radius 2 is 2.26 bits per heavy atom. The summed E-state index contributed by atoms with van der Waals surface area (Å²) in [6, 6.07) is 8.27. The highest BCUT2D eigenvalue weighted by molar-refractivity contribution is 5.79. The van der Waals surface area contributed by atoms with Gasteiger partial charge >= 0.3 is 0 Å². The first-order valence-corrected chi connectivity index (χ1v) is 6.85. The number of carbonyl (C=O) groups is 1. The zero-order valence-electron chi connectivity index (χ0n) is 11.3.